The van der Waals surface area contributed by atoms with E-state index in [1.165, 1.54) is 18.4 Å². The zero-order chi connectivity index (χ0) is 19.1. The Balaban J connectivity index is 1.40. The van der Waals surface area contributed by atoms with Gasteiger partial charge in [0.25, 0.3) is 0 Å². The summed E-state index contributed by atoms with van der Waals surface area (Å²) in [5.41, 5.74) is 1.35. The van der Waals surface area contributed by atoms with Gasteiger partial charge in [-0.05, 0) is 50.0 Å². The van der Waals surface area contributed by atoms with Crippen LogP contribution in [0.3, 0.4) is 0 Å². The van der Waals surface area contributed by atoms with Crippen LogP contribution < -0.4 is 0 Å². The lowest BCUT2D eigenvalue weighted by Crippen LogP contribution is -2.65. The number of fused-ring (bicyclic) bond motifs is 4. The van der Waals surface area contributed by atoms with E-state index in [0.717, 1.165) is 48.9 Å². The lowest BCUT2D eigenvalue weighted by atomic mass is 9.71. The maximum Gasteiger partial charge on any atom is 0.223 e. The number of carbonyl (C=O) groups excluding carboxylic acids is 1. The first-order valence-electron chi connectivity index (χ1n) is 10.5. The van der Waals surface area contributed by atoms with Crippen LogP contribution >= 0.6 is 11.3 Å². The molecule has 2 bridgehead atoms. The third kappa shape index (κ3) is 3.48. The van der Waals surface area contributed by atoms with E-state index in [1.807, 2.05) is 6.92 Å². The zero-order valence-corrected chi connectivity index (χ0v) is 17.3. The summed E-state index contributed by atoms with van der Waals surface area (Å²) in [6.07, 6.45) is 5.19. The molecule has 0 spiro atoms. The van der Waals surface area contributed by atoms with Crippen LogP contribution in [0.2, 0.25) is 0 Å². The minimum Gasteiger partial charge on any atom is -0.336 e. The number of hydrogen-bond acceptors (Lipinski definition) is 5. The van der Waals surface area contributed by atoms with Crippen molar-refractivity contribution in [3.63, 3.8) is 0 Å². The van der Waals surface area contributed by atoms with E-state index in [9.17, 15) is 4.79 Å². The molecule has 4 atom stereocenters. The smallest absolute Gasteiger partial charge is 0.223 e. The van der Waals surface area contributed by atoms with Crippen molar-refractivity contribution in [1.82, 2.24) is 20.0 Å². The van der Waals surface area contributed by atoms with E-state index < -0.39 is 0 Å². The van der Waals surface area contributed by atoms with Crippen molar-refractivity contribution in [1.29, 1.82) is 0 Å². The van der Waals surface area contributed by atoms with Gasteiger partial charge in [0.05, 0.1) is 6.54 Å². The van der Waals surface area contributed by atoms with Crippen molar-refractivity contribution < 1.29 is 4.79 Å². The van der Waals surface area contributed by atoms with Crippen LogP contribution in [0.4, 0.5) is 0 Å². The fourth-order valence-corrected chi connectivity index (χ4v) is 6.46. The summed E-state index contributed by atoms with van der Waals surface area (Å²) in [5, 5.41) is 10.7. The Kier molecular flexibility index (Phi) is 4.93. The third-order valence-electron chi connectivity index (χ3n) is 6.79. The first kappa shape index (κ1) is 18.3. The molecule has 0 N–H and O–H groups in total. The van der Waals surface area contributed by atoms with Crippen LogP contribution in [0.25, 0.3) is 0 Å². The number of rotatable bonds is 4. The highest BCUT2D eigenvalue weighted by Gasteiger charge is 2.49. The first-order valence-corrected chi connectivity index (χ1v) is 11.4. The molecule has 4 heterocycles. The second kappa shape index (κ2) is 7.56. The highest BCUT2D eigenvalue weighted by Crippen LogP contribution is 2.42. The van der Waals surface area contributed by atoms with Crippen LogP contribution in [0.1, 0.15) is 41.3 Å². The van der Waals surface area contributed by atoms with Crippen LogP contribution in [-0.2, 0) is 17.8 Å². The van der Waals surface area contributed by atoms with Crippen molar-refractivity contribution in [2.75, 3.05) is 13.1 Å². The van der Waals surface area contributed by atoms with Crippen molar-refractivity contribution in [2.45, 2.75) is 57.7 Å². The molecular weight excluding hydrogens is 368 g/mol. The molecule has 0 radical (unpaired) electrons. The lowest BCUT2D eigenvalue weighted by Gasteiger charge is -2.56. The zero-order valence-electron chi connectivity index (χ0n) is 16.5. The minimum atomic E-state index is 0.329. The molecule has 3 aliphatic heterocycles. The van der Waals surface area contributed by atoms with Crippen LogP contribution in [0.5, 0.6) is 0 Å². The van der Waals surface area contributed by atoms with Gasteiger partial charge in [-0.15, -0.1) is 21.5 Å². The normalized spacial score (nSPS) is 30.3. The summed E-state index contributed by atoms with van der Waals surface area (Å²) < 4.78 is 0. The SMILES string of the molecule is Cc1nnc(CN2C[C@H]3C[C@@H](C2)[C@H](Cc2ccccc2)N2C(=O)CCC[C@@H]32)s1. The number of benzene rings is 1. The third-order valence-corrected chi connectivity index (χ3v) is 7.61. The van der Waals surface area contributed by atoms with Gasteiger partial charge < -0.3 is 4.90 Å². The van der Waals surface area contributed by atoms with Crippen LogP contribution in [0.15, 0.2) is 30.3 Å². The van der Waals surface area contributed by atoms with Crippen molar-refractivity contribution in [2.24, 2.45) is 11.8 Å². The second-order valence-corrected chi connectivity index (χ2v) is 9.95. The maximum absolute atomic E-state index is 12.9. The summed E-state index contributed by atoms with van der Waals surface area (Å²) >= 11 is 1.71. The van der Waals surface area contributed by atoms with Gasteiger partial charge in [-0.1, -0.05) is 30.3 Å². The Labute approximate surface area is 170 Å². The molecule has 148 valence electrons. The summed E-state index contributed by atoms with van der Waals surface area (Å²) in [7, 11) is 0. The Morgan fingerprint density at radius 1 is 1.14 bits per heavy atom. The average Bonchev–Trinajstić information content (AvgIpc) is 3.11. The van der Waals surface area contributed by atoms with Gasteiger partial charge in [0.15, 0.2) is 0 Å². The summed E-state index contributed by atoms with van der Waals surface area (Å²) in [5.74, 6) is 1.54. The second-order valence-electron chi connectivity index (χ2n) is 8.68. The van der Waals surface area contributed by atoms with Gasteiger partial charge in [-0.2, -0.15) is 0 Å². The van der Waals surface area contributed by atoms with Gasteiger partial charge >= 0.3 is 0 Å². The van der Waals surface area contributed by atoms with Crippen LogP contribution in [0, 0.1) is 18.8 Å². The number of carbonyl (C=O) groups is 1. The van der Waals surface area contributed by atoms with Gasteiger partial charge in [-0.3, -0.25) is 9.69 Å². The number of nitrogens with zero attached hydrogens (tertiary/aromatic N) is 4. The Morgan fingerprint density at radius 3 is 2.75 bits per heavy atom. The number of aromatic nitrogens is 2. The predicted molar refractivity (Wildman–Crippen MR) is 110 cm³/mol. The highest BCUT2D eigenvalue weighted by molar-refractivity contribution is 7.11. The van der Waals surface area contributed by atoms with E-state index in [4.69, 9.17) is 0 Å². The maximum atomic E-state index is 12.9. The van der Waals surface area contributed by atoms with E-state index in [1.54, 1.807) is 11.3 Å². The molecule has 1 amide bonds. The monoisotopic (exact) mass is 396 g/mol. The Bertz CT molecular complexity index is 838. The number of amides is 1. The quantitative estimate of drug-likeness (QED) is 0.796. The number of aryl methyl sites for hydroxylation is 1. The van der Waals surface area contributed by atoms with Crippen molar-refractivity contribution in [3.8, 4) is 0 Å². The number of hydrogen-bond donors (Lipinski definition) is 0. The molecule has 0 unspecified atom stereocenters. The molecule has 3 fully saturated rings. The molecule has 0 aliphatic carbocycles. The lowest BCUT2D eigenvalue weighted by molar-refractivity contribution is -0.152. The molecule has 3 aliphatic rings. The average molecular weight is 397 g/mol. The van der Waals surface area contributed by atoms with E-state index in [-0.39, 0.29) is 0 Å². The standard InChI is InChI=1S/C22H28N4OS/c1-15-23-24-21(28-15)14-25-12-17-11-18(13-25)20(10-16-6-3-2-4-7-16)26-19(17)8-5-9-22(26)27/h2-4,6-7,17-20H,5,8-14H2,1H3/t17-,18+,19+,20+/m1/s1. The fourth-order valence-electron chi connectivity index (χ4n) is 5.71. The Hall–Kier alpha value is -1.79. The van der Waals surface area contributed by atoms with Crippen molar-refractivity contribution in [3.05, 3.63) is 45.9 Å². The highest BCUT2D eigenvalue weighted by atomic mass is 32.1. The largest absolute Gasteiger partial charge is 0.336 e. The van der Waals surface area contributed by atoms with Gasteiger partial charge in [0.1, 0.15) is 10.0 Å². The summed E-state index contributed by atoms with van der Waals surface area (Å²) in [4.78, 5) is 17.8. The molecular formula is C22H28N4OS. The topological polar surface area (TPSA) is 49.3 Å². The number of piperidine rings is 3. The molecule has 2 aromatic rings. The van der Waals surface area contributed by atoms with Crippen LogP contribution in [-0.4, -0.2) is 51.1 Å². The fraction of sp³-hybridized carbons (Fsp3) is 0.591. The molecule has 5 nitrogen and oxygen atoms in total. The van der Waals surface area contributed by atoms with Gasteiger partial charge in [0.2, 0.25) is 5.91 Å². The van der Waals surface area contributed by atoms with Gasteiger partial charge in [0, 0.05) is 31.6 Å². The van der Waals surface area contributed by atoms with E-state index >= 15 is 0 Å². The number of likely N-dealkylation sites (tertiary alicyclic amines) is 1. The summed E-state index contributed by atoms with van der Waals surface area (Å²) in [6, 6.07) is 11.5. The molecule has 0 saturated carbocycles. The summed E-state index contributed by atoms with van der Waals surface area (Å²) in [6.45, 7) is 5.06. The van der Waals surface area contributed by atoms with E-state index in [0.29, 0.717) is 29.8 Å². The van der Waals surface area contributed by atoms with Crippen molar-refractivity contribution >= 4 is 17.2 Å². The molecule has 28 heavy (non-hydrogen) atoms. The molecule has 1 aromatic carbocycles. The molecule has 6 heteroatoms. The molecule has 5 rings (SSSR count). The Morgan fingerprint density at radius 2 is 1.96 bits per heavy atom. The van der Waals surface area contributed by atoms with E-state index in [2.05, 4.69) is 50.3 Å². The van der Waals surface area contributed by atoms with Gasteiger partial charge in [-0.25, -0.2) is 0 Å². The molecule has 3 saturated heterocycles. The minimum absolute atomic E-state index is 0.329. The first-order chi connectivity index (χ1) is 13.7. The molecule has 1 aromatic heterocycles. The predicted octanol–water partition coefficient (Wildman–Crippen LogP) is 3.29.